The van der Waals surface area contributed by atoms with Crippen LogP contribution in [0.2, 0.25) is 5.02 Å². The van der Waals surface area contributed by atoms with E-state index in [1.807, 2.05) is 0 Å². The molecule has 26 heavy (non-hydrogen) atoms. The largest absolute Gasteiger partial charge is 0.340 e. The minimum Gasteiger partial charge on any atom is -0.340 e. The van der Waals surface area contributed by atoms with Gasteiger partial charge in [0.05, 0.1) is 4.90 Å². The molecule has 2 saturated heterocycles. The third-order valence-electron chi connectivity index (χ3n) is 5.25. The Morgan fingerprint density at radius 3 is 2.50 bits per heavy atom. The Morgan fingerprint density at radius 1 is 1.15 bits per heavy atom. The third-order valence-corrected chi connectivity index (χ3v) is 7.38. The van der Waals surface area contributed by atoms with Gasteiger partial charge in [0.2, 0.25) is 15.9 Å². The second kappa shape index (κ2) is 8.69. The van der Waals surface area contributed by atoms with Crippen LogP contribution >= 0.6 is 11.6 Å². The number of sulfonamides is 1. The molecule has 1 amide bonds. The van der Waals surface area contributed by atoms with Crippen LogP contribution in [-0.2, 0) is 14.8 Å². The summed E-state index contributed by atoms with van der Waals surface area (Å²) < 4.78 is 26.9. The van der Waals surface area contributed by atoms with Gasteiger partial charge in [-0.3, -0.25) is 4.79 Å². The van der Waals surface area contributed by atoms with Crippen LogP contribution in [0.5, 0.6) is 0 Å². The van der Waals surface area contributed by atoms with E-state index in [-0.39, 0.29) is 10.8 Å². The quantitative estimate of drug-likeness (QED) is 0.821. The van der Waals surface area contributed by atoms with Crippen LogP contribution in [-0.4, -0.2) is 62.8 Å². The Hall–Kier alpha value is -1.15. The Morgan fingerprint density at radius 2 is 1.85 bits per heavy atom. The van der Waals surface area contributed by atoms with Gasteiger partial charge in [-0.1, -0.05) is 17.7 Å². The van der Waals surface area contributed by atoms with Gasteiger partial charge in [-0.2, -0.15) is 4.31 Å². The van der Waals surface area contributed by atoms with E-state index >= 15 is 0 Å². The highest BCUT2D eigenvalue weighted by molar-refractivity contribution is 7.89. The standard InChI is InChI=1S/C18H26ClN3O3S/c19-16-2-1-3-17(14-16)26(24,25)22-12-10-21(11-13-22)18(23)5-4-15-6-8-20-9-7-15/h1-3,14-15,20H,4-13H2. The molecule has 0 atom stereocenters. The third kappa shape index (κ3) is 4.76. The fourth-order valence-electron chi connectivity index (χ4n) is 3.61. The fraction of sp³-hybridized carbons (Fsp3) is 0.611. The Balaban J connectivity index is 1.51. The monoisotopic (exact) mass is 399 g/mol. The normalized spacial score (nSPS) is 20.3. The van der Waals surface area contributed by atoms with E-state index in [0.29, 0.717) is 43.5 Å². The van der Waals surface area contributed by atoms with Crippen molar-refractivity contribution in [2.75, 3.05) is 39.3 Å². The van der Waals surface area contributed by atoms with Gasteiger partial charge in [-0.05, 0) is 56.5 Å². The molecular weight excluding hydrogens is 374 g/mol. The van der Waals surface area contributed by atoms with E-state index in [9.17, 15) is 13.2 Å². The summed E-state index contributed by atoms with van der Waals surface area (Å²) in [5, 5.41) is 3.74. The SMILES string of the molecule is O=C(CCC1CCNCC1)N1CCN(S(=O)(=O)c2cccc(Cl)c2)CC1. The molecule has 0 unspecified atom stereocenters. The second-order valence-corrected chi connectivity index (χ2v) is 9.35. The first kappa shape index (κ1) is 19.6. The molecular formula is C18H26ClN3O3S. The maximum absolute atomic E-state index is 12.7. The molecule has 0 aliphatic carbocycles. The highest BCUT2D eigenvalue weighted by Gasteiger charge is 2.30. The average Bonchev–Trinajstić information content (AvgIpc) is 2.67. The van der Waals surface area contributed by atoms with Crippen molar-refractivity contribution in [2.24, 2.45) is 5.92 Å². The Labute approximate surface area is 160 Å². The molecule has 0 bridgehead atoms. The van der Waals surface area contributed by atoms with Crippen molar-refractivity contribution in [1.82, 2.24) is 14.5 Å². The number of amides is 1. The highest BCUT2D eigenvalue weighted by atomic mass is 35.5. The molecule has 2 aliphatic heterocycles. The van der Waals surface area contributed by atoms with E-state index in [1.54, 1.807) is 23.1 Å². The molecule has 1 aromatic carbocycles. The van der Waals surface area contributed by atoms with Crippen molar-refractivity contribution in [3.05, 3.63) is 29.3 Å². The summed E-state index contributed by atoms with van der Waals surface area (Å²) in [6.07, 6.45) is 3.77. The van der Waals surface area contributed by atoms with E-state index in [4.69, 9.17) is 11.6 Å². The number of hydrogen-bond donors (Lipinski definition) is 1. The Kier molecular flexibility index (Phi) is 6.55. The van der Waals surface area contributed by atoms with Gasteiger partial charge < -0.3 is 10.2 Å². The van der Waals surface area contributed by atoms with E-state index in [0.717, 1.165) is 32.4 Å². The maximum atomic E-state index is 12.7. The van der Waals surface area contributed by atoms with Crippen molar-refractivity contribution in [2.45, 2.75) is 30.6 Å². The number of carbonyl (C=O) groups is 1. The smallest absolute Gasteiger partial charge is 0.243 e. The minimum atomic E-state index is -3.56. The number of piperazine rings is 1. The van der Waals surface area contributed by atoms with E-state index in [2.05, 4.69) is 5.32 Å². The van der Waals surface area contributed by atoms with Crippen LogP contribution in [0.4, 0.5) is 0 Å². The van der Waals surface area contributed by atoms with Crippen LogP contribution in [0, 0.1) is 5.92 Å². The molecule has 0 saturated carbocycles. The number of nitrogens with zero attached hydrogens (tertiary/aromatic N) is 2. The van der Waals surface area contributed by atoms with Crippen molar-refractivity contribution >= 4 is 27.5 Å². The van der Waals surface area contributed by atoms with Gasteiger partial charge in [0.1, 0.15) is 0 Å². The van der Waals surface area contributed by atoms with Crippen molar-refractivity contribution < 1.29 is 13.2 Å². The van der Waals surface area contributed by atoms with Crippen LogP contribution in [0.15, 0.2) is 29.2 Å². The fourth-order valence-corrected chi connectivity index (χ4v) is 5.33. The zero-order valence-electron chi connectivity index (χ0n) is 14.9. The molecule has 2 heterocycles. The first-order valence-electron chi connectivity index (χ1n) is 9.21. The molecule has 144 valence electrons. The molecule has 0 aromatic heterocycles. The van der Waals surface area contributed by atoms with E-state index < -0.39 is 10.0 Å². The molecule has 8 heteroatoms. The lowest BCUT2D eigenvalue weighted by atomic mass is 9.93. The van der Waals surface area contributed by atoms with Gasteiger partial charge in [0.25, 0.3) is 0 Å². The van der Waals surface area contributed by atoms with Gasteiger partial charge in [0, 0.05) is 37.6 Å². The number of benzene rings is 1. The first-order chi connectivity index (χ1) is 12.5. The number of carbonyl (C=O) groups excluding carboxylic acids is 1. The lowest BCUT2D eigenvalue weighted by molar-refractivity contribution is -0.132. The summed E-state index contributed by atoms with van der Waals surface area (Å²) in [4.78, 5) is 14.4. The summed E-state index contributed by atoms with van der Waals surface area (Å²) in [7, 11) is -3.56. The van der Waals surface area contributed by atoms with Crippen LogP contribution in [0.3, 0.4) is 0 Å². The molecule has 1 aromatic rings. The zero-order valence-corrected chi connectivity index (χ0v) is 16.4. The van der Waals surface area contributed by atoms with Crippen LogP contribution < -0.4 is 5.32 Å². The van der Waals surface area contributed by atoms with Gasteiger partial charge >= 0.3 is 0 Å². The molecule has 3 rings (SSSR count). The number of hydrogen-bond acceptors (Lipinski definition) is 4. The predicted octanol–water partition coefficient (Wildman–Crippen LogP) is 1.95. The van der Waals surface area contributed by atoms with Crippen molar-refractivity contribution in [3.63, 3.8) is 0 Å². The van der Waals surface area contributed by atoms with Crippen LogP contribution in [0.25, 0.3) is 0 Å². The van der Waals surface area contributed by atoms with Gasteiger partial charge in [0.15, 0.2) is 0 Å². The van der Waals surface area contributed by atoms with Crippen molar-refractivity contribution in [1.29, 1.82) is 0 Å². The molecule has 2 fully saturated rings. The lowest BCUT2D eigenvalue weighted by Gasteiger charge is -2.34. The molecule has 1 N–H and O–H groups in total. The summed E-state index contributed by atoms with van der Waals surface area (Å²) in [5.41, 5.74) is 0. The highest BCUT2D eigenvalue weighted by Crippen LogP contribution is 2.22. The number of piperidine rings is 1. The first-order valence-corrected chi connectivity index (χ1v) is 11.0. The van der Waals surface area contributed by atoms with Crippen molar-refractivity contribution in [3.8, 4) is 0 Å². The molecule has 0 spiro atoms. The number of nitrogens with one attached hydrogen (secondary N) is 1. The summed E-state index contributed by atoms with van der Waals surface area (Å²) in [5.74, 6) is 0.771. The maximum Gasteiger partial charge on any atom is 0.243 e. The van der Waals surface area contributed by atoms with Gasteiger partial charge in [-0.25, -0.2) is 8.42 Å². The summed E-state index contributed by atoms with van der Waals surface area (Å²) in [6, 6.07) is 6.31. The predicted molar refractivity (Wildman–Crippen MR) is 102 cm³/mol. The summed E-state index contributed by atoms with van der Waals surface area (Å²) in [6.45, 7) is 3.63. The summed E-state index contributed by atoms with van der Waals surface area (Å²) >= 11 is 5.91. The molecule has 6 nitrogen and oxygen atoms in total. The average molecular weight is 400 g/mol. The lowest BCUT2D eigenvalue weighted by Crippen LogP contribution is -2.50. The molecule has 2 aliphatic rings. The number of halogens is 1. The topological polar surface area (TPSA) is 69.7 Å². The zero-order chi connectivity index (χ0) is 18.6. The Bertz CT molecular complexity index is 727. The number of rotatable bonds is 5. The minimum absolute atomic E-state index is 0.142. The van der Waals surface area contributed by atoms with Gasteiger partial charge in [-0.15, -0.1) is 0 Å². The van der Waals surface area contributed by atoms with E-state index in [1.165, 1.54) is 10.4 Å². The second-order valence-electron chi connectivity index (χ2n) is 6.97. The van der Waals surface area contributed by atoms with Crippen LogP contribution in [0.1, 0.15) is 25.7 Å². The molecule has 0 radical (unpaired) electrons.